The summed E-state index contributed by atoms with van der Waals surface area (Å²) in [4.78, 5) is 3.75. The van der Waals surface area contributed by atoms with Crippen LogP contribution < -0.4 is 10.5 Å². The largest absolute Gasteiger partial charge is 0.384 e. The second-order valence-corrected chi connectivity index (χ2v) is 4.75. The smallest absolute Gasteiger partial charge is 0.301 e. The van der Waals surface area contributed by atoms with Crippen LogP contribution in [0.2, 0.25) is 0 Å². The molecule has 1 heterocycles. The highest BCUT2D eigenvalue weighted by atomic mass is 32.2. The first-order valence-electron chi connectivity index (χ1n) is 3.83. The number of pyridine rings is 1. The minimum atomic E-state index is -3.46. The lowest BCUT2D eigenvalue weighted by Gasteiger charge is -2.12. The number of nitrogen functional groups attached to an aromatic ring is 1. The zero-order valence-electron chi connectivity index (χ0n) is 7.93. The van der Waals surface area contributed by atoms with Gasteiger partial charge in [0.1, 0.15) is 5.82 Å². The normalized spacial score (nSPS) is 11.6. The van der Waals surface area contributed by atoms with Gasteiger partial charge in [-0.1, -0.05) is 0 Å². The van der Waals surface area contributed by atoms with Crippen molar-refractivity contribution in [3.63, 3.8) is 0 Å². The minimum Gasteiger partial charge on any atom is -0.384 e. The molecule has 0 bridgehead atoms. The van der Waals surface area contributed by atoms with Crippen molar-refractivity contribution < 1.29 is 8.42 Å². The topological polar surface area (TPSA) is 88.3 Å². The quantitative estimate of drug-likeness (QED) is 0.737. The van der Waals surface area contributed by atoms with E-state index in [1.165, 1.54) is 26.4 Å². The third-order valence-electron chi connectivity index (χ3n) is 1.51. The Morgan fingerprint density at radius 2 is 2.07 bits per heavy atom. The average molecular weight is 216 g/mol. The van der Waals surface area contributed by atoms with Crippen molar-refractivity contribution in [3.8, 4) is 0 Å². The van der Waals surface area contributed by atoms with E-state index < -0.39 is 10.2 Å². The first-order valence-corrected chi connectivity index (χ1v) is 5.27. The molecular formula is C7H12N4O2S. The molecule has 1 aromatic heterocycles. The molecule has 0 aliphatic heterocycles. The van der Waals surface area contributed by atoms with E-state index >= 15 is 0 Å². The van der Waals surface area contributed by atoms with Gasteiger partial charge in [0.05, 0.1) is 11.9 Å². The molecule has 0 saturated heterocycles. The number of nitrogens with two attached hydrogens (primary N) is 1. The molecule has 0 unspecified atom stereocenters. The molecule has 7 heteroatoms. The molecule has 6 nitrogen and oxygen atoms in total. The maximum atomic E-state index is 11.3. The van der Waals surface area contributed by atoms with E-state index in [0.29, 0.717) is 11.5 Å². The van der Waals surface area contributed by atoms with Gasteiger partial charge in [-0.15, -0.1) is 0 Å². The van der Waals surface area contributed by atoms with Crippen LogP contribution >= 0.6 is 0 Å². The molecular weight excluding hydrogens is 204 g/mol. The van der Waals surface area contributed by atoms with Crippen LogP contribution in [0.3, 0.4) is 0 Å². The molecule has 0 aromatic carbocycles. The Bertz CT molecular complexity index is 398. The van der Waals surface area contributed by atoms with Crippen LogP contribution in [-0.4, -0.2) is 31.8 Å². The highest BCUT2D eigenvalue weighted by molar-refractivity contribution is 7.90. The van der Waals surface area contributed by atoms with Crippen molar-refractivity contribution in [3.05, 3.63) is 18.3 Å². The van der Waals surface area contributed by atoms with Gasteiger partial charge in [-0.25, -0.2) is 4.98 Å². The number of aromatic nitrogens is 1. The lowest BCUT2D eigenvalue weighted by molar-refractivity contribution is 0.527. The van der Waals surface area contributed by atoms with E-state index in [9.17, 15) is 8.42 Å². The average Bonchev–Trinajstić information content (AvgIpc) is 2.08. The first kappa shape index (κ1) is 10.7. The fourth-order valence-corrected chi connectivity index (χ4v) is 1.31. The summed E-state index contributed by atoms with van der Waals surface area (Å²) in [7, 11) is -0.586. The summed E-state index contributed by atoms with van der Waals surface area (Å²) in [5.74, 6) is 0.345. The van der Waals surface area contributed by atoms with Gasteiger partial charge in [-0.2, -0.15) is 12.7 Å². The SMILES string of the molecule is CN(C)S(=O)(=O)Nc1ccc(N)nc1. The predicted octanol–water partition coefficient (Wildman–Crippen LogP) is -0.118. The summed E-state index contributed by atoms with van der Waals surface area (Å²) in [6, 6.07) is 3.07. The van der Waals surface area contributed by atoms with Crippen molar-refractivity contribution in [2.75, 3.05) is 24.6 Å². The van der Waals surface area contributed by atoms with E-state index in [-0.39, 0.29) is 0 Å². The number of rotatable bonds is 3. The second-order valence-electron chi connectivity index (χ2n) is 2.86. The molecule has 0 radical (unpaired) electrons. The fraction of sp³-hybridized carbons (Fsp3) is 0.286. The molecule has 0 atom stereocenters. The molecule has 1 aromatic rings. The van der Waals surface area contributed by atoms with Crippen molar-refractivity contribution in [1.29, 1.82) is 0 Å². The van der Waals surface area contributed by atoms with E-state index in [4.69, 9.17) is 5.73 Å². The van der Waals surface area contributed by atoms with Gasteiger partial charge in [-0.3, -0.25) is 4.72 Å². The Morgan fingerprint density at radius 3 is 2.50 bits per heavy atom. The summed E-state index contributed by atoms with van der Waals surface area (Å²) < 4.78 is 26.1. The monoisotopic (exact) mass is 216 g/mol. The van der Waals surface area contributed by atoms with Crippen molar-refractivity contribution in [1.82, 2.24) is 9.29 Å². The van der Waals surface area contributed by atoms with Crippen molar-refractivity contribution in [2.45, 2.75) is 0 Å². The Kier molecular flexibility index (Phi) is 2.92. The molecule has 0 fully saturated rings. The minimum absolute atomic E-state index is 0.345. The van der Waals surface area contributed by atoms with Crippen LogP contribution in [0.4, 0.5) is 11.5 Å². The highest BCUT2D eigenvalue weighted by Crippen LogP contribution is 2.09. The lowest BCUT2D eigenvalue weighted by atomic mass is 10.4. The van der Waals surface area contributed by atoms with Gasteiger partial charge in [0, 0.05) is 14.1 Å². The molecule has 0 aliphatic rings. The van der Waals surface area contributed by atoms with Crippen molar-refractivity contribution in [2.24, 2.45) is 0 Å². The van der Waals surface area contributed by atoms with Gasteiger partial charge in [0.25, 0.3) is 0 Å². The lowest BCUT2D eigenvalue weighted by Crippen LogP contribution is -2.28. The molecule has 0 aliphatic carbocycles. The summed E-state index contributed by atoms with van der Waals surface area (Å²) in [5.41, 5.74) is 5.73. The summed E-state index contributed by atoms with van der Waals surface area (Å²) in [6.07, 6.45) is 1.36. The van der Waals surface area contributed by atoms with Crippen LogP contribution in [-0.2, 0) is 10.2 Å². The van der Waals surface area contributed by atoms with Crippen LogP contribution in [0.5, 0.6) is 0 Å². The Morgan fingerprint density at radius 1 is 1.43 bits per heavy atom. The van der Waals surface area contributed by atoms with Gasteiger partial charge in [0.2, 0.25) is 0 Å². The van der Waals surface area contributed by atoms with Gasteiger partial charge < -0.3 is 5.73 Å². The number of hydrogen-bond donors (Lipinski definition) is 2. The zero-order valence-corrected chi connectivity index (χ0v) is 8.75. The fourth-order valence-electron chi connectivity index (χ4n) is 0.706. The van der Waals surface area contributed by atoms with Gasteiger partial charge in [-0.05, 0) is 12.1 Å². The number of anilines is 2. The molecule has 0 spiro atoms. The standard InChI is InChI=1S/C7H12N4O2S/c1-11(2)14(12,13)10-6-3-4-7(8)9-5-6/h3-5,10H,1-2H3,(H2,8,9). The number of hydrogen-bond acceptors (Lipinski definition) is 4. The summed E-state index contributed by atoms with van der Waals surface area (Å²) in [6.45, 7) is 0. The van der Waals surface area contributed by atoms with E-state index in [0.717, 1.165) is 4.31 Å². The molecule has 0 amide bonds. The van der Waals surface area contributed by atoms with E-state index in [1.807, 2.05) is 0 Å². The Labute approximate surface area is 82.9 Å². The number of nitrogens with one attached hydrogen (secondary N) is 1. The second kappa shape index (κ2) is 3.81. The van der Waals surface area contributed by atoms with Gasteiger partial charge in [0.15, 0.2) is 0 Å². The van der Waals surface area contributed by atoms with Crippen LogP contribution in [0, 0.1) is 0 Å². The molecule has 0 saturated carbocycles. The van der Waals surface area contributed by atoms with Crippen LogP contribution in [0.1, 0.15) is 0 Å². The van der Waals surface area contributed by atoms with E-state index in [2.05, 4.69) is 9.71 Å². The highest BCUT2D eigenvalue weighted by Gasteiger charge is 2.12. The van der Waals surface area contributed by atoms with Gasteiger partial charge >= 0.3 is 10.2 Å². The van der Waals surface area contributed by atoms with E-state index in [1.54, 1.807) is 6.07 Å². The third kappa shape index (κ3) is 2.57. The predicted molar refractivity (Wildman–Crippen MR) is 54.9 cm³/mol. The molecule has 3 N–H and O–H groups in total. The van der Waals surface area contributed by atoms with Crippen molar-refractivity contribution >= 4 is 21.7 Å². The summed E-state index contributed by atoms with van der Waals surface area (Å²) in [5, 5.41) is 0. The summed E-state index contributed by atoms with van der Waals surface area (Å²) >= 11 is 0. The molecule has 1 rings (SSSR count). The maximum Gasteiger partial charge on any atom is 0.301 e. The third-order valence-corrected chi connectivity index (χ3v) is 2.97. The first-order chi connectivity index (χ1) is 6.42. The van der Waals surface area contributed by atoms with Crippen LogP contribution in [0.15, 0.2) is 18.3 Å². The van der Waals surface area contributed by atoms with Crippen LogP contribution in [0.25, 0.3) is 0 Å². The number of nitrogens with zero attached hydrogens (tertiary/aromatic N) is 2. The molecule has 14 heavy (non-hydrogen) atoms. The Balaban J connectivity index is 2.85. The zero-order chi connectivity index (χ0) is 10.8. The Hall–Kier alpha value is -1.34. The molecule has 78 valence electrons. The maximum absolute atomic E-state index is 11.3.